The number of benzene rings is 1. The van der Waals surface area contributed by atoms with Gasteiger partial charge < -0.3 is 14.8 Å². The van der Waals surface area contributed by atoms with E-state index in [0.29, 0.717) is 11.1 Å². The minimum atomic E-state index is -3.41. The average molecular weight is 275 g/mol. The van der Waals surface area contributed by atoms with Crippen molar-refractivity contribution in [1.82, 2.24) is 0 Å². The molecular weight excluding hydrogens is 256 g/mol. The quantitative estimate of drug-likeness (QED) is 0.809. The second-order valence-electron chi connectivity index (χ2n) is 3.83. The van der Waals surface area contributed by atoms with Gasteiger partial charge in [-0.2, -0.15) is 0 Å². The van der Waals surface area contributed by atoms with Gasteiger partial charge in [0.2, 0.25) is 0 Å². The number of hydrogen-bond acceptors (Lipinski definition) is 4. The topological polar surface area (TPSA) is 61.5 Å². The third-order valence-corrected chi connectivity index (χ3v) is 4.70. The van der Waals surface area contributed by atoms with Crippen LogP contribution in [0.2, 0.25) is 0 Å². The summed E-state index contributed by atoms with van der Waals surface area (Å²) in [6.07, 6.45) is 0. The Morgan fingerprint density at radius 3 is 2.33 bits per heavy atom. The highest BCUT2D eigenvalue weighted by Crippen LogP contribution is 2.58. The number of hydrogen-bond donors (Lipinski definition) is 1. The summed E-state index contributed by atoms with van der Waals surface area (Å²) in [5.41, 5.74) is 6.92. The van der Waals surface area contributed by atoms with Crippen molar-refractivity contribution in [3.63, 3.8) is 0 Å². The van der Waals surface area contributed by atoms with Crippen LogP contribution in [0.25, 0.3) is 0 Å². The predicted molar refractivity (Wildman–Crippen MR) is 68.9 cm³/mol. The van der Waals surface area contributed by atoms with Crippen molar-refractivity contribution >= 4 is 7.60 Å². The first-order chi connectivity index (χ1) is 8.44. The Kier molecular flexibility index (Phi) is 5.47. The van der Waals surface area contributed by atoms with Gasteiger partial charge in [-0.05, 0) is 38.0 Å². The van der Waals surface area contributed by atoms with Crippen LogP contribution in [0, 0.1) is 12.7 Å². The normalized spacial score (nSPS) is 13.6. The maximum atomic E-state index is 13.2. The molecule has 0 bridgehead atoms. The smallest absolute Gasteiger partial charge is 0.314 e. The largest absolute Gasteiger partial charge is 0.351 e. The lowest BCUT2D eigenvalue weighted by Gasteiger charge is -2.23. The van der Waals surface area contributed by atoms with E-state index in [4.69, 9.17) is 14.8 Å². The van der Waals surface area contributed by atoms with Gasteiger partial charge in [-0.3, -0.25) is 4.57 Å². The van der Waals surface area contributed by atoms with E-state index in [1.165, 1.54) is 12.1 Å². The highest BCUT2D eigenvalue weighted by Gasteiger charge is 2.34. The van der Waals surface area contributed by atoms with Gasteiger partial charge in [0.25, 0.3) is 0 Å². The fraction of sp³-hybridized carbons (Fsp3) is 0.500. The van der Waals surface area contributed by atoms with E-state index in [2.05, 4.69) is 0 Å². The van der Waals surface area contributed by atoms with E-state index in [0.717, 1.165) is 0 Å². The molecule has 0 spiro atoms. The van der Waals surface area contributed by atoms with Crippen LogP contribution in [0.3, 0.4) is 0 Å². The van der Waals surface area contributed by atoms with Crippen LogP contribution >= 0.6 is 7.60 Å². The van der Waals surface area contributed by atoms with Gasteiger partial charge in [-0.1, -0.05) is 12.1 Å². The first-order valence-electron chi connectivity index (χ1n) is 5.85. The van der Waals surface area contributed by atoms with Gasteiger partial charge >= 0.3 is 7.60 Å². The second-order valence-corrected chi connectivity index (χ2v) is 5.98. The lowest BCUT2D eigenvalue weighted by atomic mass is 10.1. The molecular formula is C12H19FNO3P. The first-order valence-corrected chi connectivity index (χ1v) is 7.46. The number of rotatable bonds is 6. The average Bonchev–Trinajstić information content (AvgIpc) is 2.32. The minimum Gasteiger partial charge on any atom is -0.314 e. The lowest BCUT2D eigenvalue weighted by molar-refractivity contribution is 0.212. The maximum absolute atomic E-state index is 13.2. The van der Waals surface area contributed by atoms with E-state index in [-0.39, 0.29) is 19.0 Å². The Morgan fingerprint density at radius 2 is 1.89 bits per heavy atom. The molecule has 1 aromatic carbocycles. The number of nitrogens with two attached hydrogens (primary N) is 1. The maximum Gasteiger partial charge on any atom is 0.351 e. The van der Waals surface area contributed by atoms with Crippen molar-refractivity contribution in [3.8, 4) is 0 Å². The zero-order valence-electron chi connectivity index (χ0n) is 10.9. The van der Waals surface area contributed by atoms with Crippen molar-refractivity contribution in [2.45, 2.75) is 26.6 Å². The molecule has 1 aromatic rings. The van der Waals surface area contributed by atoms with Crippen LogP contribution < -0.4 is 5.73 Å². The molecule has 0 saturated heterocycles. The van der Waals surface area contributed by atoms with Gasteiger partial charge in [0.05, 0.1) is 13.2 Å². The van der Waals surface area contributed by atoms with Crippen LogP contribution in [0.15, 0.2) is 18.2 Å². The van der Waals surface area contributed by atoms with Crippen molar-refractivity contribution in [3.05, 3.63) is 35.1 Å². The Balaban J connectivity index is 3.05. The molecule has 6 heteroatoms. The highest BCUT2D eigenvalue weighted by atomic mass is 31.2. The molecule has 0 aliphatic heterocycles. The fourth-order valence-electron chi connectivity index (χ4n) is 1.59. The molecule has 18 heavy (non-hydrogen) atoms. The molecule has 4 nitrogen and oxygen atoms in total. The predicted octanol–water partition coefficient (Wildman–Crippen LogP) is 3.36. The summed E-state index contributed by atoms with van der Waals surface area (Å²) in [5, 5.41) is 0. The van der Waals surface area contributed by atoms with Gasteiger partial charge in [-0.15, -0.1) is 0 Å². The summed E-state index contributed by atoms with van der Waals surface area (Å²) in [6.45, 7) is 5.54. The Hall–Kier alpha value is -0.740. The highest BCUT2D eigenvalue weighted by molar-refractivity contribution is 7.54. The van der Waals surface area contributed by atoms with E-state index in [9.17, 15) is 8.96 Å². The van der Waals surface area contributed by atoms with E-state index >= 15 is 0 Å². The molecule has 0 heterocycles. The van der Waals surface area contributed by atoms with Crippen LogP contribution in [-0.2, 0) is 13.6 Å². The van der Waals surface area contributed by atoms with Crippen LogP contribution in [0.1, 0.15) is 30.8 Å². The fourth-order valence-corrected chi connectivity index (χ4v) is 3.23. The van der Waals surface area contributed by atoms with Crippen molar-refractivity contribution in [2.24, 2.45) is 5.73 Å². The zero-order valence-corrected chi connectivity index (χ0v) is 11.7. The van der Waals surface area contributed by atoms with E-state index < -0.39 is 13.4 Å². The van der Waals surface area contributed by atoms with Crippen LogP contribution in [-0.4, -0.2) is 13.2 Å². The molecule has 0 fully saturated rings. The zero-order chi connectivity index (χ0) is 13.8. The van der Waals surface area contributed by atoms with Crippen LogP contribution in [0.5, 0.6) is 0 Å². The van der Waals surface area contributed by atoms with E-state index in [1.54, 1.807) is 26.8 Å². The molecule has 0 radical (unpaired) electrons. The molecule has 0 aliphatic carbocycles. The molecule has 0 unspecified atom stereocenters. The minimum absolute atomic E-state index is 0.241. The Bertz CT molecular complexity index is 443. The van der Waals surface area contributed by atoms with Gasteiger partial charge in [0, 0.05) is 0 Å². The van der Waals surface area contributed by atoms with E-state index in [1.807, 2.05) is 0 Å². The number of aryl methyl sites for hydroxylation is 1. The standard InChI is InChI=1S/C12H19FNO3P/c1-4-16-18(15,17-5-2)12(14)10-6-7-11(13)9(3)8-10/h6-8,12H,4-5,14H2,1-3H3/t12-/m1/s1. The molecule has 0 saturated carbocycles. The summed E-state index contributed by atoms with van der Waals surface area (Å²) >= 11 is 0. The Morgan fingerprint density at radius 1 is 1.33 bits per heavy atom. The first kappa shape index (κ1) is 15.3. The van der Waals surface area contributed by atoms with Crippen LogP contribution in [0.4, 0.5) is 4.39 Å². The van der Waals surface area contributed by atoms with Crippen molar-refractivity contribution in [1.29, 1.82) is 0 Å². The molecule has 2 N–H and O–H groups in total. The molecule has 102 valence electrons. The van der Waals surface area contributed by atoms with Gasteiger partial charge in [0.15, 0.2) is 0 Å². The number of halogens is 1. The summed E-state index contributed by atoms with van der Waals surface area (Å²) in [5.74, 6) is -1.23. The SMILES string of the molecule is CCOP(=O)(OCC)[C@@H](N)c1ccc(F)c(C)c1. The van der Waals surface area contributed by atoms with Crippen molar-refractivity contribution in [2.75, 3.05) is 13.2 Å². The summed E-state index contributed by atoms with van der Waals surface area (Å²) < 4.78 is 36.0. The lowest BCUT2D eigenvalue weighted by Crippen LogP contribution is -2.15. The molecule has 0 amide bonds. The van der Waals surface area contributed by atoms with Crippen molar-refractivity contribution < 1.29 is 18.0 Å². The second kappa shape index (κ2) is 6.43. The third-order valence-electron chi connectivity index (χ3n) is 2.48. The molecule has 1 atom stereocenters. The summed E-state index contributed by atoms with van der Waals surface area (Å²) in [6, 6.07) is 4.36. The molecule has 1 rings (SSSR count). The molecule has 0 aliphatic rings. The van der Waals surface area contributed by atoms with Gasteiger partial charge in [0.1, 0.15) is 11.6 Å². The van der Waals surface area contributed by atoms with Gasteiger partial charge in [-0.25, -0.2) is 4.39 Å². The molecule has 0 aromatic heterocycles. The third kappa shape index (κ3) is 3.39. The summed E-state index contributed by atoms with van der Waals surface area (Å²) in [7, 11) is -3.41. The monoisotopic (exact) mass is 275 g/mol. The summed E-state index contributed by atoms with van der Waals surface area (Å²) in [4.78, 5) is 0. The Labute approximate surface area is 107 Å².